The Balaban J connectivity index is 1.17. The molecule has 0 spiro atoms. The average Bonchev–Trinajstić information content (AvgIpc) is 3.19. The number of hydrogen-bond acceptors (Lipinski definition) is 10. The molecule has 0 aromatic carbocycles. The van der Waals surface area contributed by atoms with Crippen molar-refractivity contribution in [3.05, 3.63) is 12.2 Å². The van der Waals surface area contributed by atoms with Gasteiger partial charge in [0, 0.05) is 25.5 Å². The number of aliphatic hydroxyl groups excluding tert-OH is 2. The Morgan fingerprint density at radius 3 is 2.37 bits per heavy atom. The van der Waals surface area contributed by atoms with Gasteiger partial charge in [-0.15, -0.1) is 0 Å². The van der Waals surface area contributed by atoms with Gasteiger partial charge in [-0.2, -0.15) is 0 Å². The van der Waals surface area contributed by atoms with Crippen molar-refractivity contribution in [1.29, 1.82) is 0 Å². The lowest BCUT2D eigenvalue weighted by molar-refractivity contribution is -0.238. The molecular weight excluding hydrogens is 464 g/mol. The molecular formula is C23H36N2O10. The number of amides is 2. The number of allylic oxidation sites excluding steroid dienone is 1. The number of nitrogens with one attached hydrogen (secondary N) is 2. The zero-order chi connectivity index (χ0) is 25.3. The van der Waals surface area contributed by atoms with Crippen LogP contribution in [0.1, 0.15) is 26.2 Å². The number of rotatable bonds is 15. The van der Waals surface area contributed by atoms with E-state index in [0.29, 0.717) is 26.4 Å². The second kappa shape index (κ2) is 13.4. The summed E-state index contributed by atoms with van der Waals surface area (Å²) >= 11 is 0. The third-order valence-corrected chi connectivity index (χ3v) is 6.28. The first-order chi connectivity index (χ1) is 16.8. The molecule has 3 aliphatic rings. The second-order valence-corrected chi connectivity index (χ2v) is 8.96. The summed E-state index contributed by atoms with van der Waals surface area (Å²) in [5, 5.41) is 26.0. The lowest BCUT2D eigenvalue weighted by Crippen LogP contribution is -2.66. The van der Waals surface area contributed by atoms with Crippen molar-refractivity contribution in [3.8, 4) is 0 Å². The Hall–Kier alpha value is -1.93. The SMILES string of the molecule is CC(=O)N[C@@H]1[C@H]2OC[C@](COCCOCCOCCNC(=O)/C=C/C(=O)C3CCC3)(O2)[C@H](O)[C@@H]1O. The predicted molar refractivity (Wildman–Crippen MR) is 120 cm³/mol. The van der Waals surface area contributed by atoms with Crippen LogP contribution in [0, 0.1) is 5.92 Å². The van der Waals surface area contributed by atoms with Crippen LogP contribution in [0.2, 0.25) is 0 Å². The highest BCUT2D eigenvalue weighted by Gasteiger charge is 2.59. The summed E-state index contributed by atoms with van der Waals surface area (Å²) in [6.45, 7) is 3.16. The van der Waals surface area contributed by atoms with E-state index in [1.54, 1.807) is 0 Å². The largest absolute Gasteiger partial charge is 0.388 e. The number of ether oxygens (including phenoxy) is 5. The quantitative estimate of drug-likeness (QED) is 0.153. The van der Waals surface area contributed by atoms with E-state index >= 15 is 0 Å². The van der Waals surface area contributed by atoms with Gasteiger partial charge in [0.15, 0.2) is 12.1 Å². The summed E-state index contributed by atoms with van der Waals surface area (Å²) in [6.07, 6.45) is 2.12. The molecule has 1 saturated carbocycles. The van der Waals surface area contributed by atoms with E-state index < -0.39 is 30.1 Å². The highest BCUT2D eigenvalue weighted by Crippen LogP contribution is 2.37. The van der Waals surface area contributed by atoms with Crippen LogP contribution < -0.4 is 10.6 Å². The van der Waals surface area contributed by atoms with E-state index in [2.05, 4.69) is 10.6 Å². The summed E-state index contributed by atoms with van der Waals surface area (Å²) in [4.78, 5) is 34.7. The van der Waals surface area contributed by atoms with Crippen molar-refractivity contribution in [1.82, 2.24) is 10.6 Å². The number of carbonyl (C=O) groups excluding carboxylic acids is 3. The maximum absolute atomic E-state index is 11.7. The number of ketones is 1. The van der Waals surface area contributed by atoms with Crippen molar-refractivity contribution in [3.63, 3.8) is 0 Å². The molecule has 35 heavy (non-hydrogen) atoms. The molecule has 5 atom stereocenters. The van der Waals surface area contributed by atoms with Gasteiger partial charge in [-0.05, 0) is 18.9 Å². The summed E-state index contributed by atoms with van der Waals surface area (Å²) in [7, 11) is 0. The zero-order valence-electron chi connectivity index (χ0n) is 20.0. The van der Waals surface area contributed by atoms with Crippen molar-refractivity contribution in [2.24, 2.45) is 5.92 Å². The van der Waals surface area contributed by atoms with Gasteiger partial charge in [-0.1, -0.05) is 6.42 Å². The highest BCUT2D eigenvalue weighted by molar-refractivity contribution is 5.99. The smallest absolute Gasteiger partial charge is 0.244 e. The van der Waals surface area contributed by atoms with Crippen LogP contribution in [-0.2, 0) is 38.1 Å². The van der Waals surface area contributed by atoms with Crippen molar-refractivity contribution >= 4 is 17.6 Å². The van der Waals surface area contributed by atoms with Gasteiger partial charge in [0.2, 0.25) is 11.8 Å². The van der Waals surface area contributed by atoms with Crippen LogP contribution in [0.3, 0.4) is 0 Å². The number of aliphatic hydroxyl groups is 2. The summed E-state index contributed by atoms with van der Waals surface area (Å²) in [5.74, 6) is -0.585. The first kappa shape index (κ1) is 27.7. The number of carbonyl (C=O) groups is 3. The topological polar surface area (TPSA) is 162 Å². The monoisotopic (exact) mass is 500 g/mol. The molecule has 0 radical (unpaired) electrons. The van der Waals surface area contributed by atoms with Gasteiger partial charge >= 0.3 is 0 Å². The minimum Gasteiger partial charge on any atom is -0.388 e. The highest BCUT2D eigenvalue weighted by atomic mass is 16.8. The minimum absolute atomic E-state index is 0.00518. The zero-order valence-corrected chi connectivity index (χ0v) is 20.0. The van der Waals surface area contributed by atoms with E-state index in [0.717, 1.165) is 19.3 Å². The molecule has 4 N–H and O–H groups in total. The Morgan fingerprint density at radius 1 is 1.03 bits per heavy atom. The van der Waals surface area contributed by atoms with Gasteiger partial charge in [-0.3, -0.25) is 14.4 Å². The fourth-order valence-corrected chi connectivity index (χ4v) is 4.05. The van der Waals surface area contributed by atoms with Crippen molar-refractivity contribution in [2.75, 3.05) is 52.8 Å². The number of hydrogen-bond donors (Lipinski definition) is 4. The third kappa shape index (κ3) is 7.78. The van der Waals surface area contributed by atoms with E-state index in [-0.39, 0.29) is 49.9 Å². The third-order valence-electron chi connectivity index (χ3n) is 6.28. The van der Waals surface area contributed by atoms with Crippen LogP contribution in [0.5, 0.6) is 0 Å². The number of fused-ring (bicyclic) bond motifs is 2. The molecule has 12 heteroatoms. The summed E-state index contributed by atoms with van der Waals surface area (Å²) in [5.41, 5.74) is -1.20. The first-order valence-corrected chi connectivity index (χ1v) is 12.0. The molecule has 2 bridgehead atoms. The van der Waals surface area contributed by atoms with E-state index in [1.165, 1.54) is 19.1 Å². The molecule has 2 amide bonds. The van der Waals surface area contributed by atoms with Crippen molar-refractivity contribution in [2.45, 2.75) is 56.3 Å². The van der Waals surface area contributed by atoms with Gasteiger partial charge in [0.1, 0.15) is 23.9 Å². The van der Waals surface area contributed by atoms with Gasteiger partial charge < -0.3 is 44.5 Å². The van der Waals surface area contributed by atoms with Crippen LogP contribution in [0.15, 0.2) is 12.2 Å². The maximum Gasteiger partial charge on any atom is 0.244 e. The molecule has 198 valence electrons. The van der Waals surface area contributed by atoms with Crippen LogP contribution in [0.25, 0.3) is 0 Å². The lowest BCUT2D eigenvalue weighted by Gasteiger charge is -2.42. The fourth-order valence-electron chi connectivity index (χ4n) is 4.05. The molecule has 3 fully saturated rings. The lowest BCUT2D eigenvalue weighted by atomic mass is 9.82. The Kier molecular flexibility index (Phi) is 10.6. The molecule has 0 aromatic rings. The standard InChI is InChI=1S/C23H36N2O10/c1-15(26)25-19-20(29)21(30)23(14-34-22(19)35-23)13-33-12-11-32-10-9-31-8-7-24-18(28)6-5-17(27)16-3-2-4-16/h5-6,16,19-22,29-30H,2-4,7-14H2,1H3,(H,24,28)(H,25,26)/b6-5+/t19-,20+,21+,22-,23-/m0/s1. The Labute approximate surface area is 204 Å². The predicted octanol–water partition coefficient (Wildman–Crippen LogP) is -1.57. The van der Waals surface area contributed by atoms with Gasteiger partial charge in [0.25, 0.3) is 0 Å². The minimum atomic E-state index is -1.29. The molecule has 2 heterocycles. The summed E-state index contributed by atoms with van der Waals surface area (Å²) < 4.78 is 27.6. The summed E-state index contributed by atoms with van der Waals surface area (Å²) in [6, 6.07) is -0.854. The average molecular weight is 501 g/mol. The molecule has 3 rings (SSSR count). The van der Waals surface area contributed by atoms with E-state index in [4.69, 9.17) is 23.7 Å². The molecule has 12 nitrogen and oxygen atoms in total. The fraction of sp³-hybridized carbons (Fsp3) is 0.783. The van der Waals surface area contributed by atoms with E-state index in [1.807, 2.05) is 0 Å². The second-order valence-electron chi connectivity index (χ2n) is 8.96. The first-order valence-electron chi connectivity index (χ1n) is 12.0. The van der Waals surface area contributed by atoms with Crippen LogP contribution >= 0.6 is 0 Å². The van der Waals surface area contributed by atoms with Crippen LogP contribution in [-0.4, -0.2) is 111 Å². The van der Waals surface area contributed by atoms with E-state index in [9.17, 15) is 24.6 Å². The Bertz CT molecular complexity index is 759. The Morgan fingerprint density at radius 2 is 1.71 bits per heavy atom. The molecule has 2 aliphatic heterocycles. The molecule has 0 unspecified atom stereocenters. The molecule has 0 aromatic heterocycles. The molecule has 1 aliphatic carbocycles. The molecule has 2 saturated heterocycles. The maximum atomic E-state index is 11.7. The van der Waals surface area contributed by atoms with Gasteiger partial charge in [0.05, 0.1) is 46.2 Å². The van der Waals surface area contributed by atoms with Crippen LogP contribution in [0.4, 0.5) is 0 Å². The normalized spacial score (nSPS) is 30.3. The van der Waals surface area contributed by atoms with Crippen molar-refractivity contribution < 1.29 is 48.3 Å². The van der Waals surface area contributed by atoms with Gasteiger partial charge in [-0.25, -0.2) is 0 Å².